The molecular weight excluding hydrogens is 316 g/mol. The van der Waals surface area contributed by atoms with E-state index in [4.69, 9.17) is 4.74 Å². The molecular formula is C16H24N2O4S. The van der Waals surface area contributed by atoms with Crippen LogP contribution in [0.1, 0.15) is 43.0 Å². The summed E-state index contributed by atoms with van der Waals surface area (Å²) >= 11 is 0. The van der Waals surface area contributed by atoms with Crippen LogP contribution in [0.4, 0.5) is 0 Å². The molecule has 1 aromatic carbocycles. The molecule has 6 nitrogen and oxygen atoms in total. The van der Waals surface area contributed by atoms with E-state index in [1.807, 2.05) is 6.92 Å². The molecule has 0 unspecified atom stereocenters. The zero-order valence-electron chi connectivity index (χ0n) is 13.7. The minimum absolute atomic E-state index is 0.0105. The first-order chi connectivity index (χ1) is 11.0. The van der Waals surface area contributed by atoms with Crippen molar-refractivity contribution in [1.82, 2.24) is 9.62 Å². The van der Waals surface area contributed by atoms with E-state index in [2.05, 4.69) is 4.72 Å². The molecule has 0 spiro atoms. The monoisotopic (exact) mass is 340 g/mol. The molecule has 2 rings (SSSR count). The highest BCUT2D eigenvalue weighted by atomic mass is 32.2. The lowest BCUT2D eigenvalue weighted by Gasteiger charge is -2.27. The molecule has 0 atom stereocenters. The number of ether oxygens (including phenoxy) is 1. The van der Waals surface area contributed by atoms with E-state index < -0.39 is 10.0 Å². The Morgan fingerprint density at radius 3 is 2.57 bits per heavy atom. The van der Waals surface area contributed by atoms with Gasteiger partial charge in [-0.2, -0.15) is 0 Å². The number of nitrogens with one attached hydrogen (secondary N) is 1. The van der Waals surface area contributed by atoms with E-state index in [9.17, 15) is 13.2 Å². The number of likely N-dealkylation sites (tertiary alicyclic amines) is 1. The summed E-state index contributed by atoms with van der Waals surface area (Å²) in [5, 5.41) is 0. The zero-order chi connectivity index (χ0) is 16.9. The lowest BCUT2D eigenvalue weighted by atomic mass is 10.1. The van der Waals surface area contributed by atoms with Gasteiger partial charge in [-0.05, 0) is 43.9 Å². The molecule has 0 aromatic heterocycles. The van der Waals surface area contributed by atoms with Crippen molar-refractivity contribution in [2.24, 2.45) is 0 Å². The van der Waals surface area contributed by atoms with Crippen LogP contribution in [0, 0.1) is 0 Å². The SMILES string of the molecule is CCCNS(=O)(=O)c1cc(C(=O)N2CCCCC2)ccc1OC. The van der Waals surface area contributed by atoms with Crippen molar-refractivity contribution in [2.45, 2.75) is 37.5 Å². The minimum Gasteiger partial charge on any atom is -0.495 e. The summed E-state index contributed by atoms with van der Waals surface area (Å²) in [7, 11) is -2.28. The number of carbonyl (C=O) groups excluding carboxylic acids is 1. The van der Waals surface area contributed by atoms with Crippen molar-refractivity contribution < 1.29 is 17.9 Å². The Balaban J connectivity index is 2.33. The van der Waals surface area contributed by atoms with Crippen LogP contribution in [0.25, 0.3) is 0 Å². The van der Waals surface area contributed by atoms with Crippen molar-refractivity contribution >= 4 is 15.9 Å². The number of hydrogen-bond acceptors (Lipinski definition) is 4. The molecule has 1 N–H and O–H groups in total. The molecule has 1 fully saturated rings. The summed E-state index contributed by atoms with van der Waals surface area (Å²) in [5.41, 5.74) is 0.379. The van der Waals surface area contributed by atoms with Gasteiger partial charge in [0.25, 0.3) is 5.91 Å². The van der Waals surface area contributed by atoms with Gasteiger partial charge in [-0.1, -0.05) is 6.92 Å². The first-order valence-electron chi connectivity index (χ1n) is 7.96. The number of rotatable bonds is 6. The molecule has 23 heavy (non-hydrogen) atoms. The van der Waals surface area contributed by atoms with Crippen molar-refractivity contribution in [3.8, 4) is 5.75 Å². The number of carbonyl (C=O) groups is 1. The molecule has 1 heterocycles. The predicted molar refractivity (Wildman–Crippen MR) is 88.2 cm³/mol. The van der Waals surface area contributed by atoms with Crippen LogP contribution in [0.15, 0.2) is 23.1 Å². The summed E-state index contributed by atoms with van der Waals surface area (Å²) in [4.78, 5) is 14.4. The van der Waals surface area contributed by atoms with Crippen LogP contribution in [0.2, 0.25) is 0 Å². The minimum atomic E-state index is -3.70. The van der Waals surface area contributed by atoms with Crippen LogP contribution in [0.5, 0.6) is 5.75 Å². The third kappa shape index (κ3) is 4.23. The number of sulfonamides is 1. The van der Waals surface area contributed by atoms with Gasteiger partial charge >= 0.3 is 0 Å². The fourth-order valence-corrected chi connectivity index (χ4v) is 3.94. The zero-order valence-corrected chi connectivity index (χ0v) is 14.5. The Bertz CT molecular complexity index is 652. The van der Waals surface area contributed by atoms with Crippen molar-refractivity contribution in [1.29, 1.82) is 0 Å². The highest BCUT2D eigenvalue weighted by Gasteiger charge is 2.24. The van der Waals surface area contributed by atoms with Gasteiger partial charge in [-0.3, -0.25) is 4.79 Å². The number of piperidine rings is 1. The smallest absolute Gasteiger partial charge is 0.253 e. The normalized spacial score (nSPS) is 15.5. The molecule has 0 bridgehead atoms. The molecule has 1 aliphatic heterocycles. The second-order valence-electron chi connectivity index (χ2n) is 5.62. The summed E-state index contributed by atoms with van der Waals surface area (Å²) in [6, 6.07) is 4.57. The molecule has 7 heteroatoms. The number of hydrogen-bond donors (Lipinski definition) is 1. The van der Waals surface area contributed by atoms with Gasteiger partial charge in [-0.15, -0.1) is 0 Å². The number of nitrogens with zero attached hydrogens (tertiary/aromatic N) is 1. The van der Waals surface area contributed by atoms with Gasteiger partial charge in [0.15, 0.2) is 0 Å². The fourth-order valence-electron chi connectivity index (χ4n) is 2.61. The Labute approximate surface area is 137 Å². The quantitative estimate of drug-likeness (QED) is 0.859. The number of amides is 1. The van der Waals surface area contributed by atoms with Crippen LogP contribution < -0.4 is 9.46 Å². The highest BCUT2D eigenvalue weighted by molar-refractivity contribution is 7.89. The standard InChI is InChI=1S/C16H24N2O4S/c1-3-9-17-23(20,21)15-12-13(7-8-14(15)22-2)16(19)18-10-5-4-6-11-18/h7-8,12,17H,3-6,9-11H2,1-2H3. The van der Waals surface area contributed by atoms with Crippen molar-refractivity contribution in [3.63, 3.8) is 0 Å². The van der Waals surface area contributed by atoms with E-state index in [-0.39, 0.29) is 16.6 Å². The van der Waals surface area contributed by atoms with Crippen molar-refractivity contribution in [2.75, 3.05) is 26.7 Å². The fraction of sp³-hybridized carbons (Fsp3) is 0.562. The molecule has 1 aliphatic rings. The lowest BCUT2D eigenvalue weighted by molar-refractivity contribution is 0.0724. The molecule has 0 aliphatic carbocycles. The average molecular weight is 340 g/mol. The molecule has 0 saturated carbocycles. The van der Waals surface area contributed by atoms with Gasteiger partial charge in [0.05, 0.1) is 7.11 Å². The second kappa shape index (κ2) is 7.79. The van der Waals surface area contributed by atoms with Crippen LogP contribution in [-0.4, -0.2) is 46.0 Å². The number of benzene rings is 1. The third-order valence-corrected chi connectivity index (χ3v) is 5.37. The largest absolute Gasteiger partial charge is 0.495 e. The van der Waals surface area contributed by atoms with Crippen molar-refractivity contribution in [3.05, 3.63) is 23.8 Å². The number of methoxy groups -OCH3 is 1. The third-order valence-electron chi connectivity index (χ3n) is 3.89. The van der Waals surface area contributed by atoms with E-state index in [0.717, 1.165) is 32.4 Å². The van der Waals surface area contributed by atoms with E-state index in [1.54, 1.807) is 11.0 Å². The van der Waals surface area contributed by atoms with Gasteiger partial charge < -0.3 is 9.64 Å². The van der Waals surface area contributed by atoms with Crippen LogP contribution in [-0.2, 0) is 10.0 Å². The predicted octanol–water partition coefficient (Wildman–Crippen LogP) is 2.01. The Morgan fingerprint density at radius 2 is 1.96 bits per heavy atom. The first-order valence-corrected chi connectivity index (χ1v) is 9.45. The Kier molecular flexibility index (Phi) is 6.01. The summed E-state index contributed by atoms with van der Waals surface area (Å²) in [6.07, 6.45) is 3.80. The van der Waals surface area contributed by atoms with Crippen LogP contribution >= 0.6 is 0 Å². The topological polar surface area (TPSA) is 75.7 Å². The lowest BCUT2D eigenvalue weighted by Crippen LogP contribution is -2.35. The average Bonchev–Trinajstić information content (AvgIpc) is 2.59. The molecule has 1 aromatic rings. The highest BCUT2D eigenvalue weighted by Crippen LogP contribution is 2.26. The Morgan fingerprint density at radius 1 is 1.26 bits per heavy atom. The van der Waals surface area contributed by atoms with E-state index in [0.29, 0.717) is 18.5 Å². The van der Waals surface area contributed by atoms with E-state index >= 15 is 0 Å². The Hall–Kier alpha value is -1.60. The second-order valence-corrected chi connectivity index (χ2v) is 7.35. The maximum Gasteiger partial charge on any atom is 0.253 e. The summed E-state index contributed by atoms with van der Waals surface area (Å²) in [5.74, 6) is 0.114. The van der Waals surface area contributed by atoms with Gasteiger partial charge in [0, 0.05) is 25.2 Å². The molecule has 1 saturated heterocycles. The van der Waals surface area contributed by atoms with Crippen LogP contribution in [0.3, 0.4) is 0 Å². The van der Waals surface area contributed by atoms with E-state index in [1.165, 1.54) is 19.2 Å². The van der Waals surface area contributed by atoms with Gasteiger partial charge in [0.2, 0.25) is 10.0 Å². The van der Waals surface area contributed by atoms with Gasteiger partial charge in [-0.25, -0.2) is 13.1 Å². The maximum atomic E-state index is 12.6. The summed E-state index contributed by atoms with van der Waals surface area (Å²) in [6.45, 7) is 3.67. The molecule has 1 amide bonds. The summed E-state index contributed by atoms with van der Waals surface area (Å²) < 4.78 is 32.5. The molecule has 128 valence electrons. The first kappa shape index (κ1) is 17.7. The van der Waals surface area contributed by atoms with Gasteiger partial charge in [0.1, 0.15) is 10.6 Å². The molecule has 0 radical (unpaired) electrons. The maximum absolute atomic E-state index is 12.6.